The van der Waals surface area contributed by atoms with E-state index < -0.39 is 0 Å². The van der Waals surface area contributed by atoms with Crippen LogP contribution in [-0.4, -0.2) is 57.7 Å². The average molecular weight is 390 g/mol. The molecule has 1 saturated carbocycles. The zero-order valence-electron chi connectivity index (χ0n) is 17.1. The molecule has 1 saturated heterocycles. The van der Waals surface area contributed by atoms with Crippen LogP contribution in [0.5, 0.6) is 17.2 Å². The molecular weight excluding hydrogens is 360 g/mol. The monoisotopic (exact) mass is 390 g/mol. The Morgan fingerprint density at radius 3 is 2.21 bits per heavy atom. The Bertz CT molecular complexity index is 707. The Labute approximate surface area is 166 Å². The van der Waals surface area contributed by atoms with Crippen LogP contribution in [-0.2, 0) is 9.59 Å². The quantitative estimate of drug-likeness (QED) is 0.736. The Morgan fingerprint density at radius 1 is 1.07 bits per heavy atom. The minimum absolute atomic E-state index is 0.00769. The van der Waals surface area contributed by atoms with Crippen LogP contribution < -0.4 is 19.5 Å². The van der Waals surface area contributed by atoms with E-state index in [1.165, 1.54) is 0 Å². The minimum Gasteiger partial charge on any atom is -0.493 e. The molecular formula is C21H30N2O5. The van der Waals surface area contributed by atoms with Gasteiger partial charge in [0.1, 0.15) is 0 Å². The molecule has 1 aliphatic carbocycles. The third kappa shape index (κ3) is 4.03. The molecule has 2 aliphatic rings. The van der Waals surface area contributed by atoms with E-state index in [1.54, 1.807) is 21.3 Å². The second-order valence-corrected chi connectivity index (χ2v) is 7.48. The van der Waals surface area contributed by atoms with Gasteiger partial charge in [-0.05, 0) is 37.0 Å². The number of benzene rings is 1. The van der Waals surface area contributed by atoms with Gasteiger partial charge in [-0.1, -0.05) is 6.92 Å². The number of carbonyl (C=O) groups excluding carboxylic acids is 2. The van der Waals surface area contributed by atoms with Crippen molar-refractivity contribution in [3.05, 3.63) is 17.7 Å². The van der Waals surface area contributed by atoms with Crippen molar-refractivity contribution in [3.63, 3.8) is 0 Å². The van der Waals surface area contributed by atoms with Crippen LogP contribution in [0, 0.1) is 11.8 Å². The summed E-state index contributed by atoms with van der Waals surface area (Å²) < 4.78 is 16.4. The van der Waals surface area contributed by atoms with Crippen molar-refractivity contribution in [3.8, 4) is 17.2 Å². The lowest BCUT2D eigenvalue weighted by atomic mass is 9.88. The Morgan fingerprint density at radius 2 is 1.71 bits per heavy atom. The molecule has 1 heterocycles. The van der Waals surface area contributed by atoms with Crippen LogP contribution in [0.15, 0.2) is 12.1 Å². The molecule has 1 aromatic carbocycles. The van der Waals surface area contributed by atoms with Crippen molar-refractivity contribution in [2.75, 3.05) is 41.0 Å². The van der Waals surface area contributed by atoms with Gasteiger partial charge in [-0.3, -0.25) is 9.59 Å². The lowest BCUT2D eigenvalue weighted by molar-refractivity contribution is -0.132. The predicted octanol–water partition coefficient (Wildman–Crippen LogP) is 2.19. The van der Waals surface area contributed by atoms with Crippen molar-refractivity contribution >= 4 is 11.8 Å². The highest BCUT2D eigenvalue weighted by molar-refractivity contribution is 5.85. The molecule has 2 atom stereocenters. The summed E-state index contributed by atoms with van der Waals surface area (Å²) in [5, 5.41) is 2.99. The van der Waals surface area contributed by atoms with E-state index >= 15 is 0 Å². The fourth-order valence-electron chi connectivity index (χ4n) is 3.87. The van der Waals surface area contributed by atoms with Crippen molar-refractivity contribution in [2.45, 2.75) is 32.1 Å². The number of amides is 2. The van der Waals surface area contributed by atoms with E-state index in [0.717, 1.165) is 24.8 Å². The summed E-state index contributed by atoms with van der Waals surface area (Å²) in [6.07, 6.45) is 2.78. The highest BCUT2D eigenvalue weighted by Gasteiger charge is 2.44. The first kappa shape index (κ1) is 20.3. The SMILES string of the molecule is CCCNC(=O)[C@H]1CN(C(=O)C2CC2)C[C@H]1c1cc(OC)c(OC)c(OC)c1. The van der Waals surface area contributed by atoms with Crippen molar-refractivity contribution in [1.82, 2.24) is 10.2 Å². The Kier molecular flexibility index (Phi) is 6.31. The van der Waals surface area contributed by atoms with Gasteiger partial charge in [-0.2, -0.15) is 0 Å². The molecule has 0 radical (unpaired) electrons. The van der Waals surface area contributed by atoms with E-state index in [0.29, 0.717) is 36.9 Å². The largest absolute Gasteiger partial charge is 0.493 e. The molecule has 0 spiro atoms. The summed E-state index contributed by atoms with van der Waals surface area (Å²) in [7, 11) is 4.71. The fourth-order valence-corrected chi connectivity index (χ4v) is 3.87. The number of hydrogen-bond acceptors (Lipinski definition) is 5. The van der Waals surface area contributed by atoms with Gasteiger partial charge in [0.15, 0.2) is 11.5 Å². The van der Waals surface area contributed by atoms with Crippen LogP contribution >= 0.6 is 0 Å². The van der Waals surface area contributed by atoms with Gasteiger partial charge in [0.2, 0.25) is 17.6 Å². The third-order valence-corrected chi connectivity index (χ3v) is 5.56. The van der Waals surface area contributed by atoms with Gasteiger partial charge in [-0.15, -0.1) is 0 Å². The van der Waals surface area contributed by atoms with Crippen LogP contribution in [0.1, 0.15) is 37.7 Å². The first-order valence-electron chi connectivity index (χ1n) is 9.90. The first-order chi connectivity index (χ1) is 13.5. The lowest BCUT2D eigenvalue weighted by Crippen LogP contribution is -2.36. The molecule has 28 heavy (non-hydrogen) atoms. The molecule has 2 amide bonds. The van der Waals surface area contributed by atoms with E-state index in [-0.39, 0.29) is 29.6 Å². The average Bonchev–Trinajstić information content (AvgIpc) is 3.48. The van der Waals surface area contributed by atoms with Gasteiger partial charge in [0, 0.05) is 31.5 Å². The van der Waals surface area contributed by atoms with Crippen molar-refractivity contribution in [2.24, 2.45) is 11.8 Å². The molecule has 7 nitrogen and oxygen atoms in total. The summed E-state index contributed by atoms with van der Waals surface area (Å²) in [5.41, 5.74) is 0.914. The molecule has 1 aliphatic heterocycles. The van der Waals surface area contributed by atoms with E-state index in [9.17, 15) is 9.59 Å². The molecule has 3 rings (SSSR count). The molecule has 0 aromatic heterocycles. The molecule has 7 heteroatoms. The van der Waals surface area contributed by atoms with Crippen LogP contribution in [0.2, 0.25) is 0 Å². The normalized spacial score (nSPS) is 21.4. The second kappa shape index (κ2) is 8.71. The molecule has 0 unspecified atom stereocenters. The summed E-state index contributed by atoms with van der Waals surface area (Å²) in [5.74, 6) is 1.51. The maximum atomic E-state index is 12.8. The number of nitrogens with one attached hydrogen (secondary N) is 1. The number of nitrogens with zero attached hydrogens (tertiary/aromatic N) is 1. The number of likely N-dealkylation sites (tertiary alicyclic amines) is 1. The molecule has 1 N–H and O–H groups in total. The summed E-state index contributed by atoms with van der Waals surface area (Å²) in [6, 6.07) is 3.77. The van der Waals surface area contributed by atoms with Gasteiger partial charge in [-0.25, -0.2) is 0 Å². The Hall–Kier alpha value is -2.44. The third-order valence-electron chi connectivity index (χ3n) is 5.56. The summed E-state index contributed by atoms with van der Waals surface area (Å²) in [4.78, 5) is 27.3. The minimum atomic E-state index is -0.294. The molecule has 1 aromatic rings. The maximum Gasteiger partial charge on any atom is 0.225 e. The molecule has 154 valence electrons. The number of hydrogen-bond donors (Lipinski definition) is 1. The zero-order chi connectivity index (χ0) is 20.3. The fraction of sp³-hybridized carbons (Fsp3) is 0.619. The lowest BCUT2D eigenvalue weighted by Gasteiger charge is -2.21. The molecule has 2 fully saturated rings. The van der Waals surface area contributed by atoms with Crippen LogP contribution in [0.4, 0.5) is 0 Å². The number of rotatable bonds is 8. The highest BCUT2D eigenvalue weighted by Crippen LogP contribution is 2.44. The number of ether oxygens (including phenoxy) is 3. The van der Waals surface area contributed by atoms with E-state index in [4.69, 9.17) is 14.2 Å². The van der Waals surface area contributed by atoms with Gasteiger partial charge in [0.05, 0.1) is 27.2 Å². The number of methoxy groups -OCH3 is 3. The van der Waals surface area contributed by atoms with Gasteiger partial charge in [0.25, 0.3) is 0 Å². The van der Waals surface area contributed by atoms with Crippen LogP contribution in [0.3, 0.4) is 0 Å². The molecule has 0 bridgehead atoms. The highest BCUT2D eigenvalue weighted by atomic mass is 16.5. The standard InChI is InChI=1S/C21H30N2O5/c1-5-8-22-20(24)16-12-23(21(25)13-6-7-13)11-15(16)14-9-17(26-2)19(28-4)18(10-14)27-3/h9-10,13,15-16H,5-8,11-12H2,1-4H3,(H,22,24)/t15-,16-/m0/s1. The van der Waals surface area contributed by atoms with E-state index in [1.807, 2.05) is 24.0 Å². The second-order valence-electron chi connectivity index (χ2n) is 7.48. The Balaban J connectivity index is 1.93. The number of carbonyl (C=O) groups is 2. The van der Waals surface area contributed by atoms with Crippen molar-refractivity contribution < 1.29 is 23.8 Å². The smallest absolute Gasteiger partial charge is 0.225 e. The summed E-state index contributed by atoms with van der Waals surface area (Å²) in [6.45, 7) is 3.63. The first-order valence-corrected chi connectivity index (χ1v) is 9.90. The summed E-state index contributed by atoms with van der Waals surface area (Å²) >= 11 is 0. The van der Waals surface area contributed by atoms with E-state index in [2.05, 4.69) is 5.32 Å². The van der Waals surface area contributed by atoms with Crippen molar-refractivity contribution in [1.29, 1.82) is 0 Å². The topological polar surface area (TPSA) is 77.1 Å². The predicted molar refractivity (Wildman–Crippen MR) is 105 cm³/mol. The zero-order valence-corrected chi connectivity index (χ0v) is 17.1. The van der Waals surface area contributed by atoms with Crippen LogP contribution in [0.25, 0.3) is 0 Å². The maximum absolute atomic E-state index is 12.8. The van der Waals surface area contributed by atoms with Gasteiger partial charge < -0.3 is 24.4 Å². The van der Waals surface area contributed by atoms with Gasteiger partial charge >= 0.3 is 0 Å².